The first kappa shape index (κ1) is 13.1. The van der Waals surface area contributed by atoms with E-state index in [2.05, 4.69) is 17.2 Å². The molecule has 0 amide bonds. The monoisotopic (exact) mass is 272 g/mol. The number of fused-ring (bicyclic) bond motifs is 1. The summed E-state index contributed by atoms with van der Waals surface area (Å²) in [5.41, 5.74) is 2.10. The minimum atomic E-state index is -0.204. The quantitative estimate of drug-likeness (QED) is 0.929. The van der Waals surface area contributed by atoms with Crippen molar-refractivity contribution in [2.45, 2.75) is 25.5 Å². The molecule has 2 unspecified atom stereocenters. The number of pyridine rings is 1. The molecule has 3 nitrogen and oxygen atoms in total. The molecule has 0 saturated carbocycles. The first-order valence-electron chi connectivity index (χ1n) is 6.81. The first-order valence-corrected chi connectivity index (χ1v) is 6.81. The molecule has 0 bridgehead atoms. The third-order valence-corrected chi connectivity index (χ3v) is 3.60. The zero-order valence-corrected chi connectivity index (χ0v) is 11.3. The van der Waals surface area contributed by atoms with Crippen LogP contribution in [0.25, 0.3) is 0 Å². The van der Waals surface area contributed by atoms with Crippen molar-refractivity contribution < 1.29 is 9.13 Å². The van der Waals surface area contributed by atoms with Gasteiger partial charge in [-0.2, -0.15) is 0 Å². The summed E-state index contributed by atoms with van der Waals surface area (Å²) in [6, 6.07) is 8.89. The number of ether oxygens (including phenoxy) is 1. The number of aromatic nitrogens is 1. The Morgan fingerprint density at radius 1 is 1.45 bits per heavy atom. The molecule has 1 N–H and O–H groups in total. The number of nitrogens with one attached hydrogen (secondary N) is 1. The smallest absolute Gasteiger partial charge is 0.123 e. The van der Waals surface area contributed by atoms with Gasteiger partial charge in [0.15, 0.2) is 0 Å². The lowest BCUT2D eigenvalue weighted by molar-refractivity contribution is 0.222. The van der Waals surface area contributed by atoms with E-state index in [0.717, 1.165) is 29.8 Å². The van der Waals surface area contributed by atoms with Crippen LogP contribution < -0.4 is 10.1 Å². The number of halogens is 1. The van der Waals surface area contributed by atoms with Crippen molar-refractivity contribution in [3.63, 3.8) is 0 Å². The minimum Gasteiger partial charge on any atom is -0.488 e. The summed E-state index contributed by atoms with van der Waals surface area (Å²) in [7, 11) is 0. The number of rotatable bonds is 4. The van der Waals surface area contributed by atoms with E-state index in [0.29, 0.717) is 0 Å². The van der Waals surface area contributed by atoms with Gasteiger partial charge >= 0.3 is 0 Å². The van der Waals surface area contributed by atoms with E-state index < -0.39 is 0 Å². The largest absolute Gasteiger partial charge is 0.488 e. The van der Waals surface area contributed by atoms with Crippen LogP contribution >= 0.6 is 0 Å². The average Bonchev–Trinajstić information content (AvgIpc) is 2.87. The van der Waals surface area contributed by atoms with Crippen molar-refractivity contribution in [3.8, 4) is 5.75 Å². The molecule has 104 valence electrons. The van der Waals surface area contributed by atoms with Crippen LogP contribution in [-0.4, -0.2) is 17.6 Å². The lowest BCUT2D eigenvalue weighted by Crippen LogP contribution is -2.31. The number of hydrogen-bond donors (Lipinski definition) is 1. The summed E-state index contributed by atoms with van der Waals surface area (Å²) in [4.78, 5) is 4.11. The highest BCUT2D eigenvalue weighted by molar-refractivity contribution is 5.38. The second-order valence-electron chi connectivity index (χ2n) is 5.11. The lowest BCUT2D eigenvalue weighted by Gasteiger charge is -2.17. The average molecular weight is 272 g/mol. The van der Waals surface area contributed by atoms with Crippen LogP contribution in [0.1, 0.15) is 24.1 Å². The Bertz CT molecular complexity index is 588. The fourth-order valence-electron chi connectivity index (χ4n) is 2.46. The number of benzene rings is 1. The molecule has 2 aromatic rings. The van der Waals surface area contributed by atoms with Gasteiger partial charge in [0.25, 0.3) is 0 Å². The third kappa shape index (κ3) is 2.80. The molecule has 1 aliphatic heterocycles. The van der Waals surface area contributed by atoms with E-state index in [1.54, 1.807) is 18.3 Å². The van der Waals surface area contributed by atoms with Crippen LogP contribution in [0, 0.1) is 5.82 Å². The zero-order chi connectivity index (χ0) is 13.9. The van der Waals surface area contributed by atoms with Gasteiger partial charge in [-0.15, -0.1) is 0 Å². The van der Waals surface area contributed by atoms with Gasteiger partial charge in [-0.05, 0) is 36.8 Å². The van der Waals surface area contributed by atoms with E-state index >= 15 is 0 Å². The summed E-state index contributed by atoms with van der Waals surface area (Å²) in [5, 5.41) is 3.43. The normalized spacial score (nSPS) is 18.4. The fourth-order valence-corrected chi connectivity index (χ4v) is 2.46. The fraction of sp³-hybridized carbons (Fsp3) is 0.312. The molecule has 20 heavy (non-hydrogen) atoms. The molecule has 0 aliphatic carbocycles. The van der Waals surface area contributed by atoms with Gasteiger partial charge in [-0.25, -0.2) is 4.39 Å². The first-order chi connectivity index (χ1) is 9.72. The number of hydrogen-bond acceptors (Lipinski definition) is 3. The van der Waals surface area contributed by atoms with Crippen molar-refractivity contribution in [2.75, 3.05) is 6.54 Å². The zero-order valence-electron chi connectivity index (χ0n) is 11.3. The van der Waals surface area contributed by atoms with Crippen LogP contribution in [0.4, 0.5) is 4.39 Å². The molecule has 0 radical (unpaired) electrons. The van der Waals surface area contributed by atoms with Crippen molar-refractivity contribution >= 4 is 0 Å². The van der Waals surface area contributed by atoms with Gasteiger partial charge in [0, 0.05) is 37.0 Å². The number of nitrogens with zero attached hydrogens (tertiary/aromatic N) is 1. The summed E-state index contributed by atoms with van der Waals surface area (Å²) in [6.45, 7) is 2.82. The maximum atomic E-state index is 13.1. The lowest BCUT2D eigenvalue weighted by atomic mass is 10.1. The molecule has 2 atom stereocenters. The second kappa shape index (κ2) is 5.59. The van der Waals surface area contributed by atoms with Gasteiger partial charge in [-0.3, -0.25) is 4.98 Å². The molecular weight excluding hydrogens is 255 g/mol. The molecule has 0 spiro atoms. The van der Waals surface area contributed by atoms with Gasteiger partial charge in [0.05, 0.1) is 0 Å². The molecule has 3 rings (SSSR count). The van der Waals surface area contributed by atoms with Crippen molar-refractivity contribution in [3.05, 3.63) is 59.7 Å². The maximum absolute atomic E-state index is 13.1. The van der Waals surface area contributed by atoms with Crippen molar-refractivity contribution in [2.24, 2.45) is 0 Å². The molecule has 1 aromatic heterocycles. The Hall–Kier alpha value is -1.94. The minimum absolute atomic E-state index is 0.0610. The third-order valence-electron chi connectivity index (χ3n) is 3.60. The van der Waals surface area contributed by atoms with E-state index in [1.807, 2.05) is 18.3 Å². The van der Waals surface area contributed by atoms with Crippen LogP contribution in [-0.2, 0) is 6.42 Å². The SMILES string of the molecule is CC(NCC1Cc2cc(F)ccc2O1)c1cccnc1. The van der Waals surface area contributed by atoms with Gasteiger partial charge in [-0.1, -0.05) is 6.07 Å². The van der Waals surface area contributed by atoms with E-state index in [9.17, 15) is 4.39 Å². The van der Waals surface area contributed by atoms with Gasteiger partial charge in [0.1, 0.15) is 17.7 Å². The van der Waals surface area contributed by atoms with Crippen LogP contribution in [0.5, 0.6) is 5.75 Å². The Balaban J connectivity index is 1.56. The Labute approximate surface area is 117 Å². The highest BCUT2D eigenvalue weighted by Crippen LogP contribution is 2.29. The maximum Gasteiger partial charge on any atom is 0.123 e. The van der Waals surface area contributed by atoms with Crippen molar-refractivity contribution in [1.82, 2.24) is 10.3 Å². The highest BCUT2D eigenvalue weighted by atomic mass is 19.1. The Morgan fingerprint density at radius 3 is 3.15 bits per heavy atom. The van der Waals surface area contributed by atoms with E-state index in [4.69, 9.17) is 4.74 Å². The Morgan fingerprint density at radius 2 is 2.35 bits per heavy atom. The predicted octanol–water partition coefficient (Wildman–Crippen LogP) is 2.88. The molecular formula is C16H17FN2O. The topological polar surface area (TPSA) is 34.1 Å². The van der Waals surface area contributed by atoms with Crippen molar-refractivity contribution in [1.29, 1.82) is 0 Å². The molecule has 2 heterocycles. The molecule has 0 fully saturated rings. The second-order valence-corrected chi connectivity index (χ2v) is 5.11. The summed E-state index contributed by atoms with van der Waals surface area (Å²) < 4.78 is 18.9. The van der Waals surface area contributed by atoms with Gasteiger partial charge in [0.2, 0.25) is 0 Å². The molecule has 1 aromatic carbocycles. The predicted molar refractivity (Wildman–Crippen MR) is 75.2 cm³/mol. The molecule has 4 heteroatoms. The van der Waals surface area contributed by atoms with E-state index in [1.165, 1.54) is 6.07 Å². The van der Waals surface area contributed by atoms with Gasteiger partial charge < -0.3 is 10.1 Å². The van der Waals surface area contributed by atoms with Crippen LogP contribution in [0.3, 0.4) is 0 Å². The summed E-state index contributed by atoms with van der Waals surface area (Å²) >= 11 is 0. The van der Waals surface area contributed by atoms with Crippen LogP contribution in [0.2, 0.25) is 0 Å². The Kier molecular flexibility index (Phi) is 3.65. The van der Waals surface area contributed by atoms with E-state index in [-0.39, 0.29) is 18.0 Å². The standard InChI is InChI=1S/C16H17FN2O/c1-11(12-3-2-6-18-9-12)19-10-15-8-13-7-14(17)4-5-16(13)20-15/h2-7,9,11,15,19H,8,10H2,1H3. The summed E-state index contributed by atoms with van der Waals surface area (Å²) in [5.74, 6) is 0.594. The summed E-state index contributed by atoms with van der Waals surface area (Å²) in [6.07, 6.45) is 4.43. The molecule has 0 saturated heterocycles. The van der Waals surface area contributed by atoms with Crippen LogP contribution in [0.15, 0.2) is 42.7 Å². The highest BCUT2D eigenvalue weighted by Gasteiger charge is 2.23. The molecule has 1 aliphatic rings.